The molecular formula is C15H30O3. The zero-order valence-electron chi connectivity index (χ0n) is 12.8. The molecule has 3 atom stereocenters. The van der Waals surface area contributed by atoms with Crippen LogP contribution in [-0.4, -0.2) is 23.8 Å². The fraction of sp³-hybridized carbons (Fsp3) is 0.933. The van der Waals surface area contributed by atoms with E-state index in [9.17, 15) is 9.90 Å². The van der Waals surface area contributed by atoms with E-state index >= 15 is 0 Å². The standard InChI is InChI=1S/C15H30O3/c1-7-9-12(11(3)8-2)13(16)10-18-14(17)15(4,5)6/h11-13,16H,7-10H2,1-6H3/t11?,12-,13-/m1/s1. The van der Waals surface area contributed by atoms with Crippen molar-refractivity contribution >= 4 is 5.97 Å². The smallest absolute Gasteiger partial charge is 0.311 e. The monoisotopic (exact) mass is 258 g/mol. The zero-order chi connectivity index (χ0) is 14.3. The van der Waals surface area contributed by atoms with Crippen molar-refractivity contribution in [1.82, 2.24) is 0 Å². The van der Waals surface area contributed by atoms with Gasteiger partial charge in [-0.1, -0.05) is 33.6 Å². The molecule has 0 saturated heterocycles. The quantitative estimate of drug-likeness (QED) is 0.712. The minimum absolute atomic E-state index is 0.116. The highest BCUT2D eigenvalue weighted by Crippen LogP contribution is 2.25. The average Bonchev–Trinajstić information content (AvgIpc) is 2.30. The fourth-order valence-corrected chi connectivity index (χ4v) is 1.99. The molecule has 0 radical (unpaired) electrons. The van der Waals surface area contributed by atoms with Crippen molar-refractivity contribution in [3.05, 3.63) is 0 Å². The van der Waals surface area contributed by atoms with E-state index in [1.165, 1.54) is 0 Å². The molecule has 0 aromatic heterocycles. The maximum Gasteiger partial charge on any atom is 0.311 e. The predicted molar refractivity (Wildman–Crippen MR) is 74.3 cm³/mol. The zero-order valence-corrected chi connectivity index (χ0v) is 12.8. The number of aliphatic hydroxyl groups is 1. The molecule has 1 unspecified atom stereocenters. The molecule has 3 heteroatoms. The van der Waals surface area contributed by atoms with Gasteiger partial charge in [0.15, 0.2) is 0 Å². The lowest BCUT2D eigenvalue weighted by molar-refractivity contribution is -0.157. The van der Waals surface area contributed by atoms with E-state index in [2.05, 4.69) is 20.8 Å². The number of hydrogen-bond donors (Lipinski definition) is 1. The van der Waals surface area contributed by atoms with Gasteiger partial charge in [-0.2, -0.15) is 0 Å². The summed E-state index contributed by atoms with van der Waals surface area (Å²) in [6.07, 6.45) is 2.50. The summed E-state index contributed by atoms with van der Waals surface area (Å²) in [6, 6.07) is 0. The van der Waals surface area contributed by atoms with Crippen LogP contribution in [0.4, 0.5) is 0 Å². The van der Waals surface area contributed by atoms with Crippen molar-refractivity contribution in [2.75, 3.05) is 6.61 Å². The second kappa shape index (κ2) is 7.78. The van der Waals surface area contributed by atoms with Crippen LogP contribution in [-0.2, 0) is 9.53 Å². The number of carbonyl (C=O) groups is 1. The third-order valence-corrected chi connectivity index (χ3v) is 3.49. The Morgan fingerprint density at radius 2 is 1.83 bits per heavy atom. The van der Waals surface area contributed by atoms with Gasteiger partial charge in [0.1, 0.15) is 6.61 Å². The van der Waals surface area contributed by atoms with E-state index in [0.717, 1.165) is 19.3 Å². The van der Waals surface area contributed by atoms with Crippen molar-refractivity contribution < 1.29 is 14.6 Å². The predicted octanol–water partition coefficient (Wildman–Crippen LogP) is 3.40. The van der Waals surface area contributed by atoms with Gasteiger partial charge < -0.3 is 9.84 Å². The molecule has 0 fully saturated rings. The van der Waals surface area contributed by atoms with Crippen molar-refractivity contribution in [2.45, 2.75) is 66.9 Å². The van der Waals surface area contributed by atoms with Crippen molar-refractivity contribution in [3.8, 4) is 0 Å². The number of rotatable bonds is 7. The van der Waals surface area contributed by atoms with Gasteiger partial charge in [-0.3, -0.25) is 4.79 Å². The summed E-state index contributed by atoms with van der Waals surface area (Å²) in [5.41, 5.74) is -0.504. The van der Waals surface area contributed by atoms with Crippen LogP contribution in [0.5, 0.6) is 0 Å². The summed E-state index contributed by atoms with van der Waals surface area (Å²) in [4.78, 5) is 11.7. The van der Waals surface area contributed by atoms with E-state index in [0.29, 0.717) is 5.92 Å². The average molecular weight is 258 g/mol. The molecule has 0 aliphatic heterocycles. The first kappa shape index (κ1) is 17.4. The Bertz CT molecular complexity index is 243. The molecule has 18 heavy (non-hydrogen) atoms. The van der Waals surface area contributed by atoms with Crippen LogP contribution in [0.25, 0.3) is 0 Å². The van der Waals surface area contributed by atoms with Gasteiger partial charge >= 0.3 is 5.97 Å². The molecule has 1 N–H and O–H groups in total. The van der Waals surface area contributed by atoms with Crippen molar-refractivity contribution in [2.24, 2.45) is 17.3 Å². The molecule has 108 valence electrons. The SMILES string of the molecule is CCC[C@H](C(C)CC)[C@H](O)COC(=O)C(C)(C)C. The molecule has 0 heterocycles. The summed E-state index contributed by atoms with van der Waals surface area (Å²) in [5, 5.41) is 10.2. The van der Waals surface area contributed by atoms with Gasteiger partial charge in [0.2, 0.25) is 0 Å². The molecule has 0 bridgehead atoms. The van der Waals surface area contributed by atoms with Crippen LogP contribution < -0.4 is 0 Å². The Kier molecular flexibility index (Phi) is 7.53. The number of aliphatic hydroxyl groups excluding tert-OH is 1. The first-order chi connectivity index (χ1) is 8.23. The summed E-state index contributed by atoms with van der Waals surface area (Å²) in [6.45, 7) is 12.0. The first-order valence-electron chi connectivity index (χ1n) is 7.09. The number of hydrogen-bond acceptors (Lipinski definition) is 3. The second-order valence-electron chi connectivity index (χ2n) is 6.25. The third kappa shape index (κ3) is 5.85. The summed E-state index contributed by atoms with van der Waals surface area (Å²) < 4.78 is 5.20. The molecule has 3 nitrogen and oxygen atoms in total. The van der Waals surface area contributed by atoms with Crippen LogP contribution in [0.3, 0.4) is 0 Å². The molecule has 0 saturated carbocycles. The van der Waals surface area contributed by atoms with E-state index in [4.69, 9.17) is 4.74 Å². The van der Waals surface area contributed by atoms with Gasteiger partial charge in [-0.25, -0.2) is 0 Å². The normalized spacial score (nSPS) is 17.1. The lowest BCUT2D eigenvalue weighted by atomic mass is 9.84. The number of esters is 1. The lowest BCUT2D eigenvalue weighted by Crippen LogP contribution is -2.33. The first-order valence-corrected chi connectivity index (χ1v) is 7.09. The highest BCUT2D eigenvalue weighted by molar-refractivity contribution is 5.75. The lowest BCUT2D eigenvalue weighted by Gasteiger charge is -2.28. The van der Waals surface area contributed by atoms with Gasteiger partial charge in [-0.05, 0) is 39.0 Å². The molecule has 0 rings (SSSR count). The minimum atomic E-state index is -0.550. The highest BCUT2D eigenvalue weighted by atomic mass is 16.5. The van der Waals surface area contributed by atoms with Crippen molar-refractivity contribution in [3.63, 3.8) is 0 Å². The van der Waals surface area contributed by atoms with Gasteiger partial charge in [0.05, 0.1) is 11.5 Å². The summed E-state index contributed by atoms with van der Waals surface area (Å²) in [5.74, 6) is 0.419. The maximum atomic E-state index is 11.7. The topological polar surface area (TPSA) is 46.5 Å². The molecule has 0 spiro atoms. The molecule has 0 aliphatic rings. The van der Waals surface area contributed by atoms with E-state index in [1.807, 2.05) is 20.8 Å². The molecule has 0 aromatic carbocycles. The summed E-state index contributed by atoms with van der Waals surface area (Å²) >= 11 is 0. The highest BCUT2D eigenvalue weighted by Gasteiger charge is 2.28. The van der Waals surface area contributed by atoms with Crippen LogP contribution in [0.2, 0.25) is 0 Å². The summed E-state index contributed by atoms with van der Waals surface area (Å²) in [7, 11) is 0. The van der Waals surface area contributed by atoms with Crippen LogP contribution in [0, 0.1) is 17.3 Å². The molecule has 0 amide bonds. The second-order valence-corrected chi connectivity index (χ2v) is 6.25. The largest absolute Gasteiger partial charge is 0.463 e. The van der Waals surface area contributed by atoms with E-state index in [-0.39, 0.29) is 18.5 Å². The van der Waals surface area contributed by atoms with E-state index in [1.54, 1.807) is 0 Å². The van der Waals surface area contributed by atoms with Crippen LogP contribution in [0.15, 0.2) is 0 Å². The van der Waals surface area contributed by atoms with Gasteiger partial charge in [-0.15, -0.1) is 0 Å². The minimum Gasteiger partial charge on any atom is -0.463 e. The van der Waals surface area contributed by atoms with E-state index < -0.39 is 11.5 Å². The number of carbonyl (C=O) groups excluding carboxylic acids is 1. The fourth-order valence-electron chi connectivity index (χ4n) is 1.99. The maximum absolute atomic E-state index is 11.7. The molecule has 0 aromatic rings. The third-order valence-electron chi connectivity index (χ3n) is 3.49. The molecule has 0 aliphatic carbocycles. The van der Waals surface area contributed by atoms with Crippen LogP contribution in [0.1, 0.15) is 60.8 Å². The Morgan fingerprint density at radius 3 is 2.22 bits per heavy atom. The van der Waals surface area contributed by atoms with Gasteiger partial charge in [0.25, 0.3) is 0 Å². The Morgan fingerprint density at radius 1 is 1.28 bits per heavy atom. The Balaban J connectivity index is 4.34. The number of ether oxygens (including phenoxy) is 1. The molecular weight excluding hydrogens is 228 g/mol. The Labute approximate surface area is 112 Å². The van der Waals surface area contributed by atoms with Crippen LogP contribution >= 0.6 is 0 Å². The van der Waals surface area contributed by atoms with Crippen molar-refractivity contribution in [1.29, 1.82) is 0 Å². The van der Waals surface area contributed by atoms with Gasteiger partial charge in [0, 0.05) is 0 Å². The Hall–Kier alpha value is -0.570.